The van der Waals surface area contributed by atoms with E-state index in [4.69, 9.17) is 10.2 Å². The first kappa shape index (κ1) is 27.6. The van der Waals surface area contributed by atoms with Gasteiger partial charge in [-0.2, -0.15) is 10.2 Å². The Hall–Kier alpha value is -2.25. The summed E-state index contributed by atoms with van der Waals surface area (Å²) in [7, 11) is 0. The maximum absolute atomic E-state index is 11.6. The molecule has 0 spiro atoms. The molecule has 0 aliphatic rings. The number of aliphatic hydroxyl groups excluding tert-OH is 1. The van der Waals surface area contributed by atoms with E-state index in [-0.39, 0.29) is 50.1 Å². The van der Waals surface area contributed by atoms with Gasteiger partial charge >= 0.3 is 0 Å². The second-order valence-electron chi connectivity index (χ2n) is 4.05. The number of nitrogens with zero attached hydrogens (tertiary/aromatic N) is 2. The number of aliphatic hydroxyl groups is 1. The Morgan fingerprint density at radius 3 is 2.12 bits per heavy atom. The molecule has 0 amide bonds. The maximum Gasteiger partial charge on any atom is 0.115 e. The van der Waals surface area contributed by atoms with E-state index >= 15 is 0 Å². The summed E-state index contributed by atoms with van der Waals surface area (Å²) in [4.78, 5) is 0. The van der Waals surface area contributed by atoms with E-state index in [1.54, 1.807) is 25.1 Å². The van der Waals surface area contributed by atoms with Gasteiger partial charge in [0.2, 0.25) is 0 Å². The fourth-order valence-electron chi connectivity index (χ4n) is 1.39. The normalized spacial score (nSPS) is 9.76. The average molecular weight is 428 g/mol. The number of hydrogen-bond acceptors (Lipinski definition) is 6. The van der Waals surface area contributed by atoms with Gasteiger partial charge in [0.05, 0.1) is 6.21 Å². The molecule has 2 N–H and O–H groups in total. The third-order valence-electron chi connectivity index (χ3n) is 2.38. The van der Waals surface area contributed by atoms with Gasteiger partial charge in [-0.05, 0) is 30.2 Å². The minimum absolute atomic E-state index is 0. The van der Waals surface area contributed by atoms with Crippen LogP contribution in [0.5, 0.6) is 11.5 Å². The van der Waals surface area contributed by atoms with Crippen molar-refractivity contribution in [2.45, 2.75) is 6.92 Å². The Morgan fingerprint density at radius 2 is 1.60 bits per heavy atom. The largest absolute Gasteiger partial charge is 2.00 e. The van der Waals surface area contributed by atoms with Gasteiger partial charge in [-0.3, -0.25) is 0 Å². The molecule has 0 radical (unpaired) electrons. The molecule has 0 heterocycles. The van der Waals surface area contributed by atoms with Crippen LogP contribution < -0.4 is 10.2 Å². The molecule has 138 valence electrons. The Labute approximate surface area is 159 Å². The molecule has 0 aromatic heterocycles. The van der Waals surface area contributed by atoms with Gasteiger partial charge in [0.25, 0.3) is 0 Å². The van der Waals surface area contributed by atoms with Crippen molar-refractivity contribution in [3.05, 3.63) is 59.7 Å². The topological polar surface area (TPSA) is 168 Å². The minimum Gasteiger partial charge on any atom is -2.00 e. The van der Waals surface area contributed by atoms with Crippen molar-refractivity contribution in [3.63, 3.8) is 0 Å². The molecule has 0 saturated carbocycles. The molecule has 25 heavy (non-hydrogen) atoms. The molecule has 0 atom stereocenters. The third-order valence-corrected chi connectivity index (χ3v) is 2.38. The van der Waals surface area contributed by atoms with E-state index in [0.717, 1.165) is 0 Å². The van der Waals surface area contributed by atoms with Crippen LogP contribution in [0.15, 0.2) is 58.7 Å². The molecule has 8 nitrogen and oxygen atoms in total. The molecule has 0 aliphatic heterocycles. The Kier molecular flexibility index (Phi) is 16.9. The third kappa shape index (κ3) is 10.3. The van der Waals surface area contributed by atoms with E-state index < -0.39 is 5.90 Å². The molecule has 2 aromatic rings. The summed E-state index contributed by atoms with van der Waals surface area (Å²) >= 11 is 0. The van der Waals surface area contributed by atoms with Crippen LogP contribution in [-0.2, 0) is 32.0 Å². The summed E-state index contributed by atoms with van der Waals surface area (Å²) in [5.41, 5.74) is 0.676. The molecule has 2 rings (SSSR count). The van der Waals surface area contributed by atoms with E-state index in [0.29, 0.717) is 11.1 Å². The summed E-state index contributed by atoms with van der Waals surface area (Å²) in [6, 6.07) is 12.0. The van der Waals surface area contributed by atoms with E-state index in [1.165, 1.54) is 36.5 Å². The monoisotopic (exact) mass is 430 g/mol. The van der Waals surface area contributed by atoms with Crippen LogP contribution in [0.4, 0.5) is 0 Å². The number of para-hydroxylation sites is 1. The number of phenols is 1. The second-order valence-corrected chi connectivity index (χ2v) is 4.05. The van der Waals surface area contributed by atoms with Crippen LogP contribution in [0.25, 0.3) is 0 Å². The molecule has 0 unspecified atom stereocenters. The fraction of sp³-hybridized carbons (Fsp3) is 0.125. The Balaban J connectivity index is -0.000000753. The van der Waals surface area contributed by atoms with Crippen molar-refractivity contribution in [3.8, 4) is 11.5 Å². The van der Waals surface area contributed by atoms with Crippen LogP contribution in [0, 0.1) is 0 Å². The van der Waals surface area contributed by atoms with Gasteiger partial charge in [-0.15, -0.1) is 0 Å². The predicted molar refractivity (Wildman–Crippen MR) is 82.3 cm³/mol. The van der Waals surface area contributed by atoms with Crippen molar-refractivity contribution >= 4 is 12.1 Å². The van der Waals surface area contributed by atoms with Crippen LogP contribution in [0.3, 0.4) is 0 Å². The molecular weight excluding hydrogens is 412 g/mol. The number of aromatic hydroxyl groups is 1. The standard InChI is InChI=1S/C14H12N2O3.C2H6O.Mo.2O/c17-12-7-5-10(6-8-12)14(19)16-15-9-11-3-1-2-4-13(11)18;1-2-3;;;/h1-9,17-18H,(H,16,19);3H,2H2,1H3;;;/q;;;2*-2/p-2/b15-9+;;;;. The molecule has 2 aromatic carbocycles. The number of rotatable bonds is 3. The van der Waals surface area contributed by atoms with Gasteiger partial charge in [-0.25, -0.2) is 0 Å². The van der Waals surface area contributed by atoms with Crippen LogP contribution in [0.1, 0.15) is 18.1 Å². The second kappa shape index (κ2) is 15.3. The van der Waals surface area contributed by atoms with Crippen molar-refractivity contribution in [2.75, 3.05) is 6.61 Å². The summed E-state index contributed by atoms with van der Waals surface area (Å²) in [5, 5.41) is 46.7. The molecule has 0 saturated heterocycles. The fourth-order valence-corrected chi connectivity index (χ4v) is 1.39. The van der Waals surface area contributed by atoms with E-state index in [1.807, 2.05) is 0 Å². The molecule has 9 heteroatoms. The minimum atomic E-state index is -0.542. The smallest absolute Gasteiger partial charge is 0.115 e. The quantitative estimate of drug-likeness (QED) is 0.312. The molecule has 0 fully saturated rings. The Morgan fingerprint density at radius 1 is 1.08 bits per heavy atom. The summed E-state index contributed by atoms with van der Waals surface area (Å²) in [5.74, 6) is -0.654. The average Bonchev–Trinajstić information content (AvgIpc) is 2.50. The first-order valence-electron chi connectivity index (χ1n) is 6.52. The maximum atomic E-state index is 11.6. The van der Waals surface area contributed by atoms with E-state index in [2.05, 4.69) is 10.2 Å². The predicted octanol–water partition coefficient (Wildman–Crippen LogP) is 0.365. The van der Waals surface area contributed by atoms with Gasteiger partial charge in [0.1, 0.15) is 5.75 Å². The summed E-state index contributed by atoms with van der Waals surface area (Å²) in [6.45, 7) is 1.93. The van der Waals surface area contributed by atoms with Crippen LogP contribution in [0.2, 0.25) is 0 Å². The zero-order valence-corrected chi connectivity index (χ0v) is 15.2. The SMILES string of the molecule is CCO.[Mo].[O-2].[O-2].[O-]/C(=N\N=C\c1ccccc1[O-])c1ccc(O)cc1. The first-order chi connectivity index (χ1) is 10.6. The zero-order chi connectivity index (χ0) is 16.4. The summed E-state index contributed by atoms with van der Waals surface area (Å²) in [6.07, 6.45) is 1.24. The Bertz CT molecular complexity index is 647. The number of benzene rings is 2. The van der Waals surface area contributed by atoms with Crippen molar-refractivity contribution in [2.24, 2.45) is 10.2 Å². The van der Waals surface area contributed by atoms with Crippen molar-refractivity contribution in [1.82, 2.24) is 0 Å². The zero-order valence-electron chi connectivity index (χ0n) is 13.2. The van der Waals surface area contributed by atoms with Crippen molar-refractivity contribution < 1.29 is 52.4 Å². The van der Waals surface area contributed by atoms with Gasteiger partial charge in [0.15, 0.2) is 0 Å². The van der Waals surface area contributed by atoms with Gasteiger partial charge < -0.3 is 31.4 Å². The van der Waals surface area contributed by atoms with Crippen LogP contribution in [-0.4, -0.2) is 28.9 Å². The van der Waals surface area contributed by atoms with E-state index in [9.17, 15) is 10.2 Å². The molecular formula is C16H16MoN2O6-6. The number of hydrogen-bond donors (Lipinski definition) is 2. The molecule has 0 aliphatic carbocycles. The van der Waals surface area contributed by atoms with Gasteiger partial charge in [0, 0.05) is 33.6 Å². The van der Waals surface area contributed by atoms with Crippen molar-refractivity contribution in [1.29, 1.82) is 0 Å². The van der Waals surface area contributed by atoms with Gasteiger partial charge in [-0.1, -0.05) is 42.1 Å². The molecule has 0 bridgehead atoms. The summed E-state index contributed by atoms with van der Waals surface area (Å²) < 4.78 is 0. The number of phenolic OH excluding ortho intramolecular Hbond substituents is 1. The van der Waals surface area contributed by atoms with Crippen LogP contribution >= 0.6 is 0 Å². The first-order valence-corrected chi connectivity index (χ1v) is 6.52.